The largest absolute Gasteiger partial charge is 0.327 e. The SMILES string of the molecule is CC1CCCC(C(N)Cc2ccc(Cl)cc2Cl)C1. The smallest absolute Gasteiger partial charge is 0.0453 e. The van der Waals surface area contributed by atoms with Crippen molar-refractivity contribution in [2.45, 2.75) is 45.1 Å². The van der Waals surface area contributed by atoms with E-state index in [0.717, 1.165) is 22.9 Å². The fourth-order valence-corrected chi connectivity index (χ4v) is 3.46. The number of halogens is 2. The van der Waals surface area contributed by atoms with E-state index >= 15 is 0 Å². The normalized spacial score (nSPS) is 26.0. The Hall–Kier alpha value is -0.240. The van der Waals surface area contributed by atoms with E-state index in [1.54, 1.807) is 6.07 Å². The van der Waals surface area contributed by atoms with E-state index in [9.17, 15) is 0 Å². The first-order chi connectivity index (χ1) is 8.56. The molecule has 18 heavy (non-hydrogen) atoms. The Labute approximate surface area is 120 Å². The number of hydrogen-bond acceptors (Lipinski definition) is 1. The van der Waals surface area contributed by atoms with Crippen molar-refractivity contribution in [3.05, 3.63) is 33.8 Å². The molecule has 3 atom stereocenters. The first-order valence-electron chi connectivity index (χ1n) is 6.75. The Morgan fingerprint density at radius 1 is 1.33 bits per heavy atom. The van der Waals surface area contributed by atoms with Gasteiger partial charge >= 0.3 is 0 Å². The minimum absolute atomic E-state index is 0.214. The summed E-state index contributed by atoms with van der Waals surface area (Å²) in [4.78, 5) is 0. The zero-order valence-electron chi connectivity index (χ0n) is 10.8. The fraction of sp³-hybridized carbons (Fsp3) is 0.600. The van der Waals surface area contributed by atoms with Crippen molar-refractivity contribution in [3.8, 4) is 0 Å². The molecule has 0 spiro atoms. The summed E-state index contributed by atoms with van der Waals surface area (Å²) in [5, 5.41) is 1.42. The molecule has 1 aromatic carbocycles. The summed E-state index contributed by atoms with van der Waals surface area (Å²) < 4.78 is 0. The van der Waals surface area contributed by atoms with E-state index in [2.05, 4.69) is 6.92 Å². The Kier molecular flexibility index (Phi) is 4.94. The number of benzene rings is 1. The van der Waals surface area contributed by atoms with Crippen molar-refractivity contribution in [1.29, 1.82) is 0 Å². The Morgan fingerprint density at radius 2 is 2.11 bits per heavy atom. The maximum atomic E-state index is 6.36. The predicted octanol–water partition coefficient (Wildman–Crippen LogP) is 4.69. The molecule has 2 N–H and O–H groups in total. The van der Waals surface area contributed by atoms with Gasteiger partial charge in [0.1, 0.15) is 0 Å². The average molecular weight is 286 g/mol. The Bertz CT molecular complexity index is 405. The molecule has 0 radical (unpaired) electrons. The van der Waals surface area contributed by atoms with Crippen molar-refractivity contribution >= 4 is 23.2 Å². The summed E-state index contributed by atoms with van der Waals surface area (Å²) in [5.41, 5.74) is 7.48. The van der Waals surface area contributed by atoms with Crippen molar-refractivity contribution in [2.75, 3.05) is 0 Å². The van der Waals surface area contributed by atoms with E-state index in [1.165, 1.54) is 25.7 Å². The monoisotopic (exact) mass is 285 g/mol. The van der Waals surface area contributed by atoms with Gasteiger partial charge in [-0.25, -0.2) is 0 Å². The van der Waals surface area contributed by atoms with Crippen molar-refractivity contribution in [2.24, 2.45) is 17.6 Å². The summed E-state index contributed by atoms with van der Waals surface area (Å²) >= 11 is 12.1. The van der Waals surface area contributed by atoms with Gasteiger partial charge in [0.2, 0.25) is 0 Å². The number of rotatable bonds is 3. The van der Waals surface area contributed by atoms with Gasteiger partial charge in [0.05, 0.1) is 0 Å². The highest BCUT2D eigenvalue weighted by molar-refractivity contribution is 6.35. The summed E-state index contributed by atoms with van der Waals surface area (Å²) in [7, 11) is 0. The summed E-state index contributed by atoms with van der Waals surface area (Å²) in [6.07, 6.45) is 6.04. The zero-order chi connectivity index (χ0) is 13.1. The summed E-state index contributed by atoms with van der Waals surface area (Å²) in [5.74, 6) is 1.45. The Morgan fingerprint density at radius 3 is 2.78 bits per heavy atom. The highest BCUT2D eigenvalue weighted by Gasteiger charge is 2.24. The van der Waals surface area contributed by atoms with Crippen LogP contribution in [0.15, 0.2) is 18.2 Å². The van der Waals surface area contributed by atoms with Gasteiger partial charge in [-0.2, -0.15) is 0 Å². The molecule has 3 unspecified atom stereocenters. The second-order valence-electron chi connectivity index (χ2n) is 5.64. The highest BCUT2D eigenvalue weighted by Crippen LogP contribution is 2.32. The second-order valence-corrected chi connectivity index (χ2v) is 6.48. The van der Waals surface area contributed by atoms with Crippen LogP contribution in [0.2, 0.25) is 10.0 Å². The lowest BCUT2D eigenvalue weighted by molar-refractivity contribution is 0.245. The van der Waals surface area contributed by atoms with Gasteiger partial charge in [-0.1, -0.05) is 49.0 Å². The van der Waals surface area contributed by atoms with Crippen LogP contribution < -0.4 is 5.73 Å². The molecule has 0 bridgehead atoms. The quantitative estimate of drug-likeness (QED) is 0.857. The lowest BCUT2D eigenvalue weighted by atomic mass is 9.77. The topological polar surface area (TPSA) is 26.0 Å². The maximum Gasteiger partial charge on any atom is 0.0453 e. The van der Waals surface area contributed by atoms with Crippen molar-refractivity contribution in [1.82, 2.24) is 0 Å². The summed E-state index contributed by atoms with van der Waals surface area (Å²) in [6.45, 7) is 2.33. The van der Waals surface area contributed by atoms with Gasteiger partial charge in [-0.05, 0) is 48.8 Å². The summed E-state index contributed by atoms with van der Waals surface area (Å²) in [6, 6.07) is 5.90. The van der Waals surface area contributed by atoms with Gasteiger partial charge in [0.25, 0.3) is 0 Å². The third-order valence-electron chi connectivity index (χ3n) is 4.05. The molecule has 0 aromatic heterocycles. The maximum absolute atomic E-state index is 6.36. The van der Waals surface area contributed by atoms with Crippen LogP contribution in [-0.2, 0) is 6.42 Å². The van der Waals surface area contributed by atoms with Crippen LogP contribution in [0.25, 0.3) is 0 Å². The van der Waals surface area contributed by atoms with Crippen molar-refractivity contribution < 1.29 is 0 Å². The number of nitrogens with two attached hydrogens (primary N) is 1. The molecular weight excluding hydrogens is 265 g/mol. The lowest BCUT2D eigenvalue weighted by Gasteiger charge is -2.31. The minimum Gasteiger partial charge on any atom is -0.327 e. The van der Waals surface area contributed by atoms with E-state index in [-0.39, 0.29) is 6.04 Å². The average Bonchev–Trinajstić information content (AvgIpc) is 2.32. The molecule has 1 aliphatic rings. The van der Waals surface area contributed by atoms with E-state index < -0.39 is 0 Å². The minimum atomic E-state index is 0.214. The zero-order valence-corrected chi connectivity index (χ0v) is 12.3. The Balaban J connectivity index is 1.99. The number of hydrogen-bond donors (Lipinski definition) is 1. The van der Waals surface area contributed by atoms with Crippen LogP contribution in [0.3, 0.4) is 0 Å². The molecule has 1 aromatic rings. The molecule has 0 aliphatic heterocycles. The van der Waals surface area contributed by atoms with Crippen LogP contribution in [0, 0.1) is 11.8 Å². The van der Waals surface area contributed by atoms with Gasteiger partial charge in [0.15, 0.2) is 0 Å². The van der Waals surface area contributed by atoms with Gasteiger partial charge in [-0.3, -0.25) is 0 Å². The molecule has 1 aliphatic carbocycles. The van der Waals surface area contributed by atoms with Gasteiger partial charge < -0.3 is 5.73 Å². The molecule has 3 heteroatoms. The molecule has 1 fully saturated rings. The van der Waals surface area contributed by atoms with Crippen LogP contribution in [-0.4, -0.2) is 6.04 Å². The van der Waals surface area contributed by atoms with Crippen LogP contribution in [0.1, 0.15) is 38.2 Å². The van der Waals surface area contributed by atoms with Crippen LogP contribution >= 0.6 is 23.2 Å². The van der Waals surface area contributed by atoms with Crippen LogP contribution in [0.4, 0.5) is 0 Å². The molecule has 100 valence electrons. The fourth-order valence-electron chi connectivity index (χ4n) is 2.98. The molecule has 1 nitrogen and oxygen atoms in total. The molecule has 0 heterocycles. The van der Waals surface area contributed by atoms with Gasteiger partial charge in [0, 0.05) is 16.1 Å². The molecule has 0 amide bonds. The molecule has 0 saturated heterocycles. The standard InChI is InChI=1S/C15H21Cl2N/c1-10-3-2-4-12(7-10)15(18)8-11-5-6-13(16)9-14(11)17/h5-6,9-10,12,15H,2-4,7-8,18H2,1H3. The van der Waals surface area contributed by atoms with Crippen molar-refractivity contribution in [3.63, 3.8) is 0 Å². The molecular formula is C15H21Cl2N. The molecule has 2 rings (SSSR count). The first kappa shape index (κ1) is 14.2. The second kappa shape index (κ2) is 6.27. The predicted molar refractivity (Wildman–Crippen MR) is 79.3 cm³/mol. The van der Waals surface area contributed by atoms with Gasteiger partial charge in [-0.15, -0.1) is 0 Å². The van der Waals surface area contributed by atoms with Crippen LogP contribution in [0.5, 0.6) is 0 Å². The first-order valence-corrected chi connectivity index (χ1v) is 7.51. The van der Waals surface area contributed by atoms with E-state index in [4.69, 9.17) is 28.9 Å². The highest BCUT2D eigenvalue weighted by atomic mass is 35.5. The van der Waals surface area contributed by atoms with E-state index in [0.29, 0.717) is 10.9 Å². The van der Waals surface area contributed by atoms with E-state index in [1.807, 2.05) is 12.1 Å². The third-order valence-corrected chi connectivity index (χ3v) is 4.64. The molecule has 1 saturated carbocycles. The third kappa shape index (κ3) is 3.63. The lowest BCUT2D eigenvalue weighted by Crippen LogP contribution is -2.35.